The van der Waals surface area contributed by atoms with E-state index in [4.69, 9.17) is 15.1 Å². The second kappa shape index (κ2) is 17.5. The molecule has 0 aliphatic heterocycles. The molecular weight excluding hydrogens is 282 g/mol. The van der Waals surface area contributed by atoms with Crippen molar-refractivity contribution in [2.24, 2.45) is 17.8 Å². The fourth-order valence-corrected chi connectivity index (χ4v) is 0.717. The van der Waals surface area contributed by atoms with Crippen LogP contribution in [0.4, 0.5) is 0 Å². The number of aliphatic carboxylic acids is 1. The van der Waals surface area contributed by atoms with Crippen LogP contribution in [0, 0.1) is 29.1 Å². The molecule has 1 N–H and O–H groups in total. The summed E-state index contributed by atoms with van der Waals surface area (Å²) in [6, 6.07) is 2.11. The van der Waals surface area contributed by atoms with E-state index in [2.05, 4.69) is 6.07 Å². The maximum atomic E-state index is 10.8. The molecule has 3 unspecified atom stereocenters. The Bertz CT molecular complexity index is 323. The molecule has 0 saturated heterocycles. The molecular formula is C17H33NO4. The lowest BCUT2D eigenvalue weighted by Crippen LogP contribution is -2.13. The van der Waals surface area contributed by atoms with Crippen LogP contribution >= 0.6 is 0 Å². The highest BCUT2D eigenvalue weighted by atomic mass is 16.5. The lowest BCUT2D eigenvalue weighted by Gasteiger charge is -2.05. The van der Waals surface area contributed by atoms with Gasteiger partial charge in [-0.3, -0.25) is 9.59 Å². The molecule has 0 aromatic heterocycles. The van der Waals surface area contributed by atoms with E-state index in [0.717, 1.165) is 19.3 Å². The van der Waals surface area contributed by atoms with E-state index in [0.29, 0.717) is 6.61 Å². The molecule has 0 aromatic rings. The minimum absolute atomic E-state index is 0.0601. The van der Waals surface area contributed by atoms with E-state index in [-0.39, 0.29) is 23.7 Å². The summed E-state index contributed by atoms with van der Waals surface area (Å²) >= 11 is 0. The number of rotatable bonds is 6. The summed E-state index contributed by atoms with van der Waals surface area (Å²) in [4.78, 5) is 20.7. The number of nitrogens with zero attached hydrogens (tertiary/aromatic N) is 1. The summed E-state index contributed by atoms with van der Waals surface area (Å²) in [5.41, 5.74) is 0. The third kappa shape index (κ3) is 18.4. The van der Waals surface area contributed by atoms with Gasteiger partial charge in [0.1, 0.15) is 0 Å². The Morgan fingerprint density at radius 3 is 1.59 bits per heavy atom. The summed E-state index contributed by atoms with van der Waals surface area (Å²) in [5.74, 6) is -0.669. The fourth-order valence-electron chi connectivity index (χ4n) is 0.717. The molecule has 0 amide bonds. The van der Waals surface area contributed by atoms with Crippen LogP contribution in [0.5, 0.6) is 0 Å². The fraction of sp³-hybridized carbons (Fsp3) is 0.824. The van der Waals surface area contributed by atoms with Crippen molar-refractivity contribution in [1.82, 2.24) is 0 Å². The first-order valence-corrected chi connectivity index (χ1v) is 8.00. The molecule has 0 aliphatic rings. The predicted octanol–water partition coefficient (Wildman–Crippen LogP) is 4.27. The van der Waals surface area contributed by atoms with E-state index >= 15 is 0 Å². The van der Waals surface area contributed by atoms with Crippen molar-refractivity contribution in [2.75, 3.05) is 6.61 Å². The molecule has 5 heteroatoms. The minimum Gasteiger partial charge on any atom is -0.481 e. The van der Waals surface area contributed by atoms with Gasteiger partial charge >= 0.3 is 11.9 Å². The molecule has 0 heterocycles. The van der Waals surface area contributed by atoms with Gasteiger partial charge < -0.3 is 9.84 Å². The van der Waals surface area contributed by atoms with Crippen LogP contribution in [0.3, 0.4) is 0 Å². The Labute approximate surface area is 135 Å². The molecule has 0 aliphatic carbocycles. The Kier molecular flexibility index (Phi) is 20.2. The Balaban J connectivity index is -0.000000252. The lowest BCUT2D eigenvalue weighted by atomic mass is 10.1. The molecule has 0 radical (unpaired) electrons. The van der Waals surface area contributed by atoms with Gasteiger partial charge in [-0.2, -0.15) is 5.26 Å². The van der Waals surface area contributed by atoms with Gasteiger partial charge in [-0.05, 0) is 33.1 Å². The van der Waals surface area contributed by atoms with Crippen LogP contribution in [0.2, 0.25) is 0 Å². The van der Waals surface area contributed by atoms with Crippen LogP contribution in [0.15, 0.2) is 0 Å². The lowest BCUT2D eigenvalue weighted by molar-refractivity contribution is -0.147. The highest BCUT2D eigenvalue weighted by molar-refractivity contribution is 5.71. The third-order valence-electron chi connectivity index (χ3n) is 3.17. The van der Waals surface area contributed by atoms with Crippen molar-refractivity contribution < 1.29 is 19.4 Å². The smallest absolute Gasteiger partial charge is 0.308 e. The van der Waals surface area contributed by atoms with Gasteiger partial charge in [-0.25, -0.2) is 0 Å². The van der Waals surface area contributed by atoms with E-state index < -0.39 is 5.97 Å². The van der Waals surface area contributed by atoms with Crippen molar-refractivity contribution >= 4 is 11.9 Å². The first-order chi connectivity index (χ1) is 10.2. The summed E-state index contributed by atoms with van der Waals surface area (Å²) in [6.07, 6.45) is 2.55. The number of nitriles is 1. The molecule has 0 rings (SSSR count). The average molecular weight is 315 g/mol. The average Bonchev–Trinajstić information content (AvgIpc) is 2.53. The van der Waals surface area contributed by atoms with Gasteiger partial charge in [0.2, 0.25) is 0 Å². The first-order valence-electron chi connectivity index (χ1n) is 8.00. The van der Waals surface area contributed by atoms with Gasteiger partial charge in [0.25, 0.3) is 0 Å². The summed E-state index contributed by atoms with van der Waals surface area (Å²) in [6.45, 7) is 13.6. The molecule has 0 fully saturated rings. The van der Waals surface area contributed by atoms with Crippen LogP contribution in [-0.2, 0) is 14.3 Å². The quantitative estimate of drug-likeness (QED) is 0.739. The summed E-state index contributed by atoms with van der Waals surface area (Å²) < 4.78 is 4.76. The molecule has 3 atom stereocenters. The predicted molar refractivity (Wildman–Crippen MR) is 88.2 cm³/mol. The highest BCUT2D eigenvalue weighted by Crippen LogP contribution is 2.02. The van der Waals surface area contributed by atoms with Crippen molar-refractivity contribution in [2.45, 2.75) is 67.7 Å². The molecule has 0 saturated carbocycles. The van der Waals surface area contributed by atoms with Gasteiger partial charge in [-0.15, -0.1) is 0 Å². The molecule has 5 nitrogen and oxygen atoms in total. The number of carboxylic acid groups (broad SMARTS) is 1. The Morgan fingerprint density at radius 2 is 1.45 bits per heavy atom. The SMILES string of the molecule is CCC(C)C#N.CCC(C)C(=O)O.CCOC(=O)C(C)CC. The van der Waals surface area contributed by atoms with Crippen LogP contribution < -0.4 is 0 Å². The number of hydrogen-bond acceptors (Lipinski definition) is 4. The van der Waals surface area contributed by atoms with Gasteiger partial charge in [0.05, 0.1) is 24.5 Å². The zero-order valence-electron chi connectivity index (χ0n) is 15.2. The molecule has 0 bridgehead atoms. The number of ether oxygens (including phenoxy) is 1. The monoisotopic (exact) mass is 315 g/mol. The third-order valence-corrected chi connectivity index (χ3v) is 3.17. The first kappa shape index (κ1) is 25.4. The van der Waals surface area contributed by atoms with Crippen molar-refractivity contribution in [3.05, 3.63) is 0 Å². The van der Waals surface area contributed by atoms with E-state index in [9.17, 15) is 9.59 Å². The van der Waals surface area contributed by atoms with Crippen LogP contribution in [0.25, 0.3) is 0 Å². The zero-order valence-corrected chi connectivity index (χ0v) is 15.2. The van der Waals surface area contributed by atoms with Gasteiger partial charge in [0.15, 0.2) is 0 Å². The van der Waals surface area contributed by atoms with E-state index in [1.54, 1.807) is 6.92 Å². The Morgan fingerprint density at radius 1 is 1.00 bits per heavy atom. The topological polar surface area (TPSA) is 87.4 Å². The second-order valence-electron chi connectivity index (χ2n) is 5.15. The standard InChI is InChI=1S/C7H14O2.C5H9N.C5H10O2/c1-4-6(3)7(8)9-5-2;1-3-5(2)4-6;1-3-4(2)5(6)7/h6H,4-5H2,1-3H3;5H,3H2,1-2H3;4H,3H2,1-2H3,(H,6,7). The van der Waals surface area contributed by atoms with Gasteiger partial charge in [-0.1, -0.05) is 34.6 Å². The molecule has 130 valence electrons. The molecule has 0 aromatic carbocycles. The van der Waals surface area contributed by atoms with Crippen LogP contribution in [0.1, 0.15) is 67.7 Å². The highest BCUT2D eigenvalue weighted by Gasteiger charge is 2.09. The number of esters is 1. The van der Waals surface area contributed by atoms with Crippen molar-refractivity contribution in [3.8, 4) is 6.07 Å². The minimum atomic E-state index is -0.706. The number of carbonyl (C=O) groups excluding carboxylic acids is 1. The van der Waals surface area contributed by atoms with Crippen molar-refractivity contribution in [1.29, 1.82) is 5.26 Å². The van der Waals surface area contributed by atoms with Crippen molar-refractivity contribution in [3.63, 3.8) is 0 Å². The van der Waals surface area contributed by atoms with Gasteiger partial charge in [0, 0.05) is 5.92 Å². The van der Waals surface area contributed by atoms with E-state index in [1.807, 2.05) is 41.5 Å². The molecule has 22 heavy (non-hydrogen) atoms. The van der Waals surface area contributed by atoms with E-state index in [1.165, 1.54) is 0 Å². The summed E-state index contributed by atoms with van der Waals surface area (Å²) in [7, 11) is 0. The van der Waals surface area contributed by atoms with Crippen LogP contribution in [-0.4, -0.2) is 23.7 Å². The Hall–Kier alpha value is -1.57. The number of carboxylic acids is 1. The normalized spacial score (nSPS) is 13.0. The largest absolute Gasteiger partial charge is 0.481 e. The maximum Gasteiger partial charge on any atom is 0.308 e. The molecule has 0 spiro atoms. The number of carbonyl (C=O) groups is 2. The maximum absolute atomic E-state index is 10.8. The zero-order chi connectivity index (χ0) is 18.1. The second-order valence-corrected chi connectivity index (χ2v) is 5.15. The summed E-state index contributed by atoms with van der Waals surface area (Å²) in [5, 5.41) is 16.3. The number of hydrogen-bond donors (Lipinski definition) is 1.